The highest BCUT2D eigenvalue weighted by molar-refractivity contribution is 5.74. The van der Waals surface area contributed by atoms with Crippen molar-refractivity contribution < 1.29 is 10.9 Å². The van der Waals surface area contributed by atoms with E-state index in [9.17, 15) is 4.79 Å². The second-order valence-corrected chi connectivity index (χ2v) is 2.32. The molecule has 2 heteroatoms. The third-order valence-electron chi connectivity index (χ3n) is 1.58. The molecule has 0 radical (unpaired) electrons. The molecule has 0 spiro atoms. The number of hydrogen-bond donors (Lipinski definition) is 0. The minimum atomic E-state index is -1.18. The molecule has 1 fully saturated rings. The molecule has 2 nitrogen and oxygen atoms in total. The molecule has 1 rings (SSSR count). The molecule has 56 valence electrons. The van der Waals surface area contributed by atoms with E-state index < -0.39 is 11.9 Å². The van der Waals surface area contributed by atoms with Gasteiger partial charge in [-0.25, -0.2) is 0 Å². The maximum Gasteiger partial charge on any atom is 0.312 e. The van der Waals surface area contributed by atoms with Crippen LogP contribution in [-0.2, 0) is 9.53 Å². The summed E-state index contributed by atoms with van der Waals surface area (Å²) in [6.07, 6.45) is 3.62. The Hall–Kier alpha value is -0.790. The van der Waals surface area contributed by atoms with Crippen LogP contribution in [0.4, 0.5) is 0 Å². The average Bonchev–Trinajstić information content (AvgIpc) is 2.16. The minimum absolute atomic E-state index is 0.452. The number of hydrogen-bond acceptors (Lipinski definition) is 2. The smallest absolute Gasteiger partial charge is 0.312 e. The molecular weight excluding hydrogens is 128 g/mol. The van der Waals surface area contributed by atoms with Crippen molar-refractivity contribution in [3.05, 3.63) is 12.7 Å². The van der Waals surface area contributed by atoms with Crippen LogP contribution in [0.2, 0.25) is 0 Å². The molecule has 1 atom stereocenters. The average molecular weight is 142 g/mol. The van der Waals surface area contributed by atoms with E-state index in [4.69, 9.17) is 6.11 Å². The molecule has 0 amide bonds. The molecule has 1 heterocycles. The van der Waals surface area contributed by atoms with Crippen LogP contribution in [0, 0.1) is 5.89 Å². The molecule has 1 aliphatic heterocycles. The van der Waals surface area contributed by atoms with Gasteiger partial charge in [0.2, 0.25) is 0 Å². The Bertz CT molecular complexity index is 179. The van der Waals surface area contributed by atoms with Gasteiger partial charge in [0.1, 0.15) is 0 Å². The predicted molar refractivity (Wildman–Crippen MR) is 38.5 cm³/mol. The van der Waals surface area contributed by atoms with Gasteiger partial charge in [-0.15, -0.1) is 6.58 Å². The first kappa shape index (κ1) is 5.96. The van der Waals surface area contributed by atoms with Gasteiger partial charge in [-0.05, 0) is 19.3 Å². The highest BCUT2D eigenvalue weighted by Crippen LogP contribution is 2.15. The van der Waals surface area contributed by atoms with Gasteiger partial charge < -0.3 is 4.74 Å². The third kappa shape index (κ3) is 1.59. The summed E-state index contributed by atoms with van der Waals surface area (Å²) in [7, 11) is 0. The fraction of sp³-hybridized carbons (Fsp3) is 0.625. The molecule has 1 saturated heterocycles. The Morgan fingerprint density at radius 2 is 2.60 bits per heavy atom. The molecule has 1 unspecified atom stereocenters. The minimum Gasteiger partial charge on any atom is -0.465 e. The highest BCUT2D eigenvalue weighted by Gasteiger charge is 2.18. The van der Waals surface area contributed by atoms with Crippen molar-refractivity contribution in [1.29, 1.82) is 0 Å². The number of carbonyl (C=O) groups is 1. The van der Waals surface area contributed by atoms with E-state index in [1.54, 1.807) is 0 Å². The zero-order chi connectivity index (χ0) is 8.32. The van der Waals surface area contributed by atoms with E-state index in [-0.39, 0.29) is 0 Å². The van der Waals surface area contributed by atoms with Crippen LogP contribution in [0.5, 0.6) is 0 Å². The first-order chi connectivity index (χ1) is 5.19. The van der Waals surface area contributed by atoms with E-state index in [0.717, 1.165) is 12.8 Å². The first-order valence-electron chi connectivity index (χ1n) is 4.00. The monoisotopic (exact) mass is 142 g/mol. The summed E-state index contributed by atoms with van der Waals surface area (Å²) in [6.45, 7) is 3.91. The van der Waals surface area contributed by atoms with E-state index in [0.29, 0.717) is 13.0 Å². The first-order valence-corrected chi connectivity index (χ1v) is 3.50. The quantitative estimate of drug-likeness (QED) is 0.410. The highest BCUT2D eigenvalue weighted by atomic mass is 16.5. The molecule has 10 heavy (non-hydrogen) atoms. The van der Waals surface area contributed by atoms with Crippen LogP contribution in [0.25, 0.3) is 0 Å². The standard InChI is InChI=1S/C8H12O2/c1-2-7-5-3-4-6-10-8(7)9/h2,7H,1,3-6H2/i7T. The second kappa shape index (κ2) is 3.40. The third-order valence-corrected chi connectivity index (χ3v) is 1.58. The van der Waals surface area contributed by atoms with Crippen molar-refractivity contribution in [3.8, 4) is 0 Å². The second-order valence-electron chi connectivity index (χ2n) is 2.32. The van der Waals surface area contributed by atoms with Gasteiger partial charge in [-0.2, -0.15) is 0 Å². The zero-order valence-corrected chi connectivity index (χ0v) is 5.93. The lowest BCUT2D eigenvalue weighted by molar-refractivity contribution is -0.145. The van der Waals surface area contributed by atoms with Crippen LogP contribution in [-0.4, -0.2) is 12.6 Å². The van der Waals surface area contributed by atoms with Crippen LogP contribution < -0.4 is 0 Å². The van der Waals surface area contributed by atoms with Crippen molar-refractivity contribution in [2.75, 3.05) is 6.61 Å². The van der Waals surface area contributed by atoms with E-state index >= 15 is 0 Å². The molecule has 1 aliphatic rings. The fourth-order valence-electron chi connectivity index (χ4n) is 0.963. The Balaban J connectivity index is 2.73. The lowest BCUT2D eigenvalue weighted by atomic mass is 10.0. The van der Waals surface area contributed by atoms with Gasteiger partial charge >= 0.3 is 5.97 Å². The Morgan fingerprint density at radius 1 is 1.80 bits per heavy atom. The van der Waals surface area contributed by atoms with Gasteiger partial charge in [0.05, 0.1) is 12.5 Å². The topological polar surface area (TPSA) is 26.3 Å². The summed E-state index contributed by atoms with van der Waals surface area (Å²) < 4.78 is 12.4. The summed E-state index contributed by atoms with van der Waals surface area (Å²) in [5, 5.41) is 0. The molecule has 0 aromatic heterocycles. The number of cyclic esters (lactones) is 1. The van der Waals surface area contributed by atoms with E-state index in [1.807, 2.05) is 0 Å². The molecule has 0 saturated carbocycles. The maximum atomic E-state index is 11.1. The van der Waals surface area contributed by atoms with Crippen molar-refractivity contribution in [2.45, 2.75) is 19.3 Å². The summed E-state index contributed by atoms with van der Waals surface area (Å²) >= 11 is 0. The lowest BCUT2D eigenvalue weighted by Crippen LogP contribution is -2.12. The van der Waals surface area contributed by atoms with Crippen molar-refractivity contribution >= 4 is 5.97 Å². The normalized spacial score (nSPS) is 35.6. The molecule has 0 N–H and O–H groups in total. The van der Waals surface area contributed by atoms with E-state index in [1.165, 1.54) is 6.08 Å². The Labute approximate surface area is 62.3 Å². The predicted octanol–water partition coefficient (Wildman–Crippen LogP) is 1.52. The summed E-state index contributed by atoms with van der Waals surface area (Å²) in [6, 6.07) is 0. The Morgan fingerprint density at radius 3 is 3.30 bits per heavy atom. The number of ether oxygens (including phenoxy) is 1. The van der Waals surface area contributed by atoms with Crippen molar-refractivity contribution in [3.63, 3.8) is 0 Å². The summed E-state index contributed by atoms with van der Waals surface area (Å²) in [4.78, 5) is 11.1. The van der Waals surface area contributed by atoms with Gasteiger partial charge in [0, 0.05) is 1.37 Å². The SMILES string of the molecule is [3H]C1(C=C)CCCCOC1=O. The van der Waals surface area contributed by atoms with Crippen molar-refractivity contribution in [1.82, 2.24) is 0 Å². The summed E-state index contributed by atoms with van der Waals surface area (Å²) in [5.74, 6) is -1.64. The molecule has 0 aliphatic carbocycles. The van der Waals surface area contributed by atoms with Gasteiger partial charge in [-0.1, -0.05) is 6.08 Å². The van der Waals surface area contributed by atoms with Crippen LogP contribution in [0.15, 0.2) is 12.7 Å². The molecule has 0 aromatic rings. The van der Waals surface area contributed by atoms with Crippen LogP contribution >= 0.6 is 0 Å². The fourth-order valence-corrected chi connectivity index (χ4v) is 0.963. The van der Waals surface area contributed by atoms with Gasteiger partial charge in [0.25, 0.3) is 0 Å². The van der Waals surface area contributed by atoms with Crippen LogP contribution in [0.1, 0.15) is 20.6 Å². The number of rotatable bonds is 1. The number of carbonyl (C=O) groups excluding carboxylic acids is 1. The Kier molecular flexibility index (Phi) is 2.02. The summed E-state index contributed by atoms with van der Waals surface area (Å²) in [5.41, 5.74) is 0. The molecular formula is C8H12O2. The zero-order valence-electron chi connectivity index (χ0n) is 6.93. The van der Waals surface area contributed by atoms with E-state index in [2.05, 4.69) is 6.58 Å². The van der Waals surface area contributed by atoms with Gasteiger partial charge in [0.15, 0.2) is 0 Å². The molecule has 0 aromatic carbocycles. The van der Waals surface area contributed by atoms with Gasteiger partial charge in [-0.3, -0.25) is 4.79 Å². The number of esters is 1. The lowest BCUT2D eigenvalue weighted by Gasteiger charge is -2.04. The maximum absolute atomic E-state index is 11.1. The van der Waals surface area contributed by atoms with Crippen LogP contribution in [0.3, 0.4) is 0 Å². The largest absolute Gasteiger partial charge is 0.465 e. The molecule has 0 bridgehead atoms. The van der Waals surface area contributed by atoms with Crippen molar-refractivity contribution in [2.24, 2.45) is 5.89 Å².